The van der Waals surface area contributed by atoms with Crippen molar-refractivity contribution in [3.63, 3.8) is 0 Å². The Balaban J connectivity index is 1.38. The Morgan fingerprint density at radius 3 is 2.65 bits per heavy atom. The molecule has 7 nitrogen and oxygen atoms in total. The van der Waals surface area contributed by atoms with Gasteiger partial charge in [-0.1, -0.05) is 48.0 Å². The van der Waals surface area contributed by atoms with Gasteiger partial charge in [-0.05, 0) is 47.4 Å². The number of carbonyl (C=O) groups excluding carboxylic acids is 1. The number of benzene rings is 4. The van der Waals surface area contributed by atoms with E-state index >= 15 is 0 Å². The van der Waals surface area contributed by atoms with Gasteiger partial charge in [-0.25, -0.2) is 4.98 Å². The maximum absolute atomic E-state index is 12.4. The van der Waals surface area contributed by atoms with Gasteiger partial charge in [0.05, 0.1) is 4.92 Å². The third-order valence-corrected chi connectivity index (χ3v) is 5.59. The fourth-order valence-electron chi connectivity index (χ4n) is 3.68. The van der Waals surface area contributed by atoms with E-state index in [-0.39, 0.29) is 11.6 Å². The number of aromatic nitrogens is 1. The van der Waals surface area contributed by atoms with Crippen molar-refractivity contribution < 1.29 is 14.1 Å². The van der Waals surface area contributed by atoms with Gasteiger partial charge >= 0.3 is 0 Å². The SMILES string of the molecule is O=C(/C=C/c1cccc([N+](=O)[O-])c1)Nc1ccc2oc(-c3cccc4c(Cl)cccc34)nc2c1. The highest BCUT2D eigenvalue weighted by Crippen LogP contribution is 2.34. The van der Waals surface area contributed by atoms with Gasteiger partial charge in [0.1, 0.15) is 5.52 Å². The van der Waals surface area contributed by atoms with E-state index in [0.29, 0.717) is 33.3 Å². The van der Waals surface area contributed by atoms with Gasteiger partial charge in [0.2, 0.25) is 11.8 Å². The molecule has 1 amide bonds. The summed E-state index contributed by atoms with van der Waals surface area (Å²) in [5, 5.41) is 16.2. The van der Waals surface area contributed by atoms with Crippen molar-refractivity contribution in [2.75, 3.05) is 5.32 Å². The number of carbonyl (C=O) groups is 1. The summed E-state index contributed by atoms with van der Waals surface area (Å²) in [5.74, 6) is 0.0789. The molecule has 0 bridgehead atoms. The summed E-state index contributed by atoms with van der Waals surface area (Å²) < 4.78 is 5.96. The molecule has 0 atom stereocenters. The van der Waals surface area contributed by atoms with E-state index in [4.69, 9.17) is 16.0 Å². The van der Waals surface area contributed by atoms with Crippen molar-refractivity contribution in [2.45, 2.75) is 0 Å². The lowest BCUT2D eigenvalue weighted by Crippen LogP contribution is -2.07. The number of anilines is 1. The van der Waals surface area contributed by atoms with Crippen LogP contribution in [0.5, 0.6) is 0 Å². The molecule has 1 heterocycles. The molecule has 0 saturated carbocycles. The van der Waals surface area contributed by atoms with Gasteiger partial charge in [-0.3, -0.25) is 14.9 Å². The monoisotopic (exact) mass is 469 g/mol. The minimum Gasteiger partial charge on any atom is -0.436 e. The van der Waals surface area contributed by atoms with Gasteiger partial charge < -0.3 is 9.73 Å². The average Bonchev–Trinajstić information content (AvgIpc) is 3.26. The first-order chi connectivity index (χ1) is 16.5. The second-order valence-electron chi connectivity index (χ2n) is 7.52. The zero-order valence-electron chi connectivity index (χ0n) is 17.6. The minimum absolute atomic E-state index is 0.0386. The maximum Gasteiger partial charge on any atom is 0.270 e. The quantitative estimate of drug-likeness (QED) is 0.172. The van der Waals surface area contributed by atoms with E-state index in [9.17, 15) is 14.9 Å². The van der Waals surface area contributed by atoms with Gasteiger partial charge in [0, 0.05) is 39.9 Å². The highest BCUT2D eigenvalue weighted by atomic mass is 35.5. The van der Waals surface area contributed by atoms with Crippen LogP contribution >= 0.6 is 11.6 Å². The minimum atomic E-state index is -0.481. The van der Waals surface area contributed by atoms with Gasteiger partial charge in [0.25, 0.3) is 5.69 Å². The molecule has 0 aliphatic heterocycles. The third-order valence-electron chi connectivity index (χ3n) is 5.26. The average molecular weight is 470 g/mol. The van der Waals surface area contributed by atoms with Crippen LogP contribution in [0, 0.1) is 10.1 Å². The van der Waals surface area contributed by atoms with E-state index < -0.39 is 4.92 Å². The predicted octanol–water partition coefficient (Wildman–Crippen LogP) is 6.86. The number of non-ortho nitro benzene ring substituents is 1. The van der Waals surface area contributed by atoms with Crippen LogP contribution < -0.4 is 5.32 Å². The summed E-state index contributed by atoms with van der Waals surface area (Å²) in [5.41, 5.74) is 3.05. The Morgan fingerprint density at radius 1 is 1.00 bits per heavy atom. The number of fused-ring (bicyclic) bond motifs is 2. The zero-order valence-corrected chi connectivity index (χ0v) is 18.3. The number of rotatable bonds is 5. The van der Waals surface area contributed by atoms with Crippen LogP contribution in [0.2, 0.25) is 5.02 Å². The molecule has 1 aromatic heterocycles. The van der Waals surface area contributed by atoms with Crippen LogP contribution in [-0.4, -0.2) is 15.8 Å². The number of oxazole rings is 1. The van der Waals surface area contributed by atoms with Gasteiger partial charge in [-0.15, -0.1) is 0 Å². The predicted molar refractivity (Wildman–Crippen MR) is 133 cm³/mol. The molecule has 166 valence electrons. The van der Waals surface area contributed by atoms with E-state index in [1.807, 2.05) is 36.4 Å². The topological polar surface area (TPSA) is 98.3 Å². The third kappa shape index (κ3) is 4.24. The number of amides is 1. The molecule has 5 rings (SSSR count). The van der Waals surface area contributed by atoms with Crippen LogP contribution in [0.15, 0.2) is 89.4 Å². The lowest BCUT2D eigenvalue weighted by molar-refractivity contribution is -0.384. The van der Waals surface area contributed by atoms with Gasteiger partial charge in [0.15, 0.2) is 5.58 Å². The second-order valence-corrected chi connectivity index (χ2v) is 7.92. The fraction of sp³-hybridized carbons (Fsp3) is 0. The number of hydrogen-bond acceptors (Lipinski definition) is 5. The standard InChI is InChI=1S/C26H16ClN3O4/c27-22-9-3-6-19-20(22)7-2-8-21(19)26-29-23-15-17(11-12-24(23)34-26)28-25(31)13-10-16-4-1-5-18(14-16)30(32)33/h1-15H,(H,28,31)/b13-10+. The Hall–Kier alpha value is -4.49. The van der Waals surface area contributed by atoms with E-state index in [1.165, 1.54) is 24.3 Å². The molecule has 0 unspecified atom stereocenters. The summed E-state index contributed by atoms with van der Waals surface area (Å²) in [6, 6.07) is 22.7. The highest BCUT2D eigenvalue weighted by Gasteiger charge is 2.13. The maximum atomic E-state index is 12.4. The lowest BCUT2D eigenvalue weighted by atomic mass is 10.0. The molecular formula is C26H16ClN3O4. The summed E-state index contributed by atoms with van der Waals surface area (Å²) in [7, 11) is 0. The van der Waals surface area contributed by atoms with Crippen molar-refractivity contribution in [1.82, 2.24) is 4.98 Å². The molecule has 0 aliphatic carbocycles. The van der Waals surface area contributed by atoms with Gasteiger partial charge in [-0.2, -0.15) is 0 Å². The smallest absolute Gasteiger partial charge is 0.270 e. The Kier molecular flexibility index (Phi) is 5.53. The van der Waals surface area contributed by atoms with E-state index in [1.54, 1.807) is 30.3 Å². The van der Waals surface area contributed by atoms with Crippen LogP contribution in [0.4, 0.5) is 11.4 Å². The Morgan fingerprint density at radius 2 is 1.79 bits per heavy atom. The van der Waals surface area contributed by atoms with Crippen molar-refractivity contribution in [3.05, 3.63) is 106 Å². The molecule has 34 heavy (non-hydrogen) atoms. The first-order valence-electron chi connectivity index (χ1n) is 10.3. The first-order valence-corrected chi connectivity index (χ1v) is 10.7. The molecule has 0 radical (unpaired) electrons. The Bertz CT molecular complexity index is 1610. The first kappa shape index (κ1) is 21.4. The normalized spacial score (nSPS) is 11.3. The summed E-state index contributed by atoms with van der Waals surface area (Å²) >= 11 is 6.32. The van der Waals surface area contributed by atoms with Crippen molar-refractivity contribution >= 4 is 56.8 Å². The largest absolute Gasteiger partial charge is 0.436 e. The summed E-state index contributed by atoms with van der Waals surface area (Å²) in [6.07, 6.45) is 2.83. The second kappa shape index (κ2) is 8.80. The van der Waals surface area contributed by atoms with Crippen LogP contribution in [0.3, 0.4) is 0 Å². The number of hydrogen-bond donors (Lipinski definition) is 1. The van der Waals surface area contributed by atoms with Crippen LogP contribution in [-0.2, 0) is 4.79 Å². The number of halogens is 1. The lowest BCUT2D eigenvalue weighted by Gasteiger charge is -2.04. The molecular weight excluding hydrogens is 454 g/mol. The summed E-state index contributed by atoms with van der Waals surface area (Å²) in [4.78, 5) is 27.4. The molecule has 0 spiro atoms. The molecule has 0 saturated heterocycles. The van der Waals surface area contributed by atoms with Crippen LogP contribution in [0.25, 0.3) is 39.4 Å². The number of nitro groups is 1. The molecule has 0 aliphatic rings. The molecule has 0 fully saturated rings. The molecule has 1 N–H and O–H groups in total. The fourth-order valence-corrected chi connectivity index (χ4v) is 3.91. The van der Waals surface area contributed by atoms with Crippen molar-refractivity contribution in [2.24, 2.45) is 0 Å². The zero-order chi connectivity index (χ0) is 23.7. The highest BCUT2D eigenvalue weighted by molar-refractivity contribution is 6.35. The van der Waals surface area contributed by atoms with Crippen molar-refractivity contribution in [1.29, 1.82) is 0 Å². The van der Waals surface area contributed by atoms with E-state index in [2.05, 4.69) is 10.3 Å². The number of nitrogens with one attached hydrogen (secondary N) is 1. The molecule has 8 heteroatoms. The number of nitro benzene ring substituents is 1. The Labute approximate surface area is 198 Å². The molecule has 4 aromatic carbocycles. The van der Waals surface area contributed by atoms with Crippen LogP contribution in [0.1, 0.15) is 5.56 Å². The molecule has 5 aromatic rings. The summed E-state index contributed by atoms with van der Waals surface area (Å²) in [6.45, 7) is 0. The van der Waals surface area contributed by atoms with Crippen molar-refractivity contribution in [3.8, 4) is 11.5 Å². The number of nitrogens with zero attached hydrogens (tertiary/aromatic N) is 2. The van der Waals surface area contributed by atoms with E-state index in [0.717, 1.165) is 16.3 Å².